The Bertz CT molecular complexity index is 1200. The smallest absolute Gasteiger partial charge is 0.234 e. The number of nitrogens with zero attached hydrogens (tertiary/aromatic N) is 3. The fourth-order valence-corrected chi connectivity index (χ4v) is 4.85. The van der Waals surface area contributed by atoms with Gasteiger partial charge in [-0.25, -0.2) is 0 Å². The fraction of sp³-hybridized carbons (Fsp3) is 0.174. The Balaban J connectivity index is 1.47. The van der Waals surface area contributed by atoms with Gasteiger partial charge in [-0.05, 0) is 37.3 Å². The number of hydrogen-bond donors (Lipinski definition) is 1. The maximum absolute atomic E-state index is 12.4. The van der Waals surface area contributed by atoms with Crippen molar-refractivity contribution < 1.29 is 9.53 Å². The summed E-state index contributed by atoms with van der Waals surface area (Å²) in [5.41, 5.74) is 1.77. The van der Waals surface area contributed by atoms with Crippen molar-refractivity contribution in [1.82, 2.24) is 14.8 Å². The number of rotatable bonds is 9. The summed E-state index contributed by atoms with van der Waals surface area (Å²) in [4.78, 5) is 12.4. The van der Waals surface area contributed by atoms with E-state index in [1.54, 1.807) is 11.3 Å². The Hall–Kier alpha value is -3.10. The van der Waals surface area contributed by atoms with Crippen molar-refractivity contribution in [3.8, 4) is 17.1 Å². The Labute approximate surface area is 189 Å². The van der Waals surface area contributed by atoms with Crippen LogP contribution in [0.2, 0.25) is 0 Å². The minimum absolute atomic E-state index is 0.107. The molecule has 0 saturated heterocycles. The molecule has 0 saturated carbocycles. The molecule has 0 aliphatic carbocycles. The average Bonchev–Trinajstić information content (AvgIpc) is 3.38. The van der Waals surface area contributed by atoms with Gasteiger partial charge in [0.2, 0.25) is 5.91 Å². The number of hydrogen-bond acceptors (Lipinski definition) is 6. The molecule has 2 heterocycles. The number of benzene rings is 2. The van der Waals surface area contributed by atoms with E-state index in [-0.39, 0.29) is 11.7 Å². The van der Waals surface area contributed by atoms with Gasteiger partial charge in [-0.3, -0.25) is 9.36 Å². The summed E-state index contributed by atoms with van der Waals surface area (Å²) in [6.07, 6.45) is 1.81. The van der Waals surface area contributed by atoms with E-state index in [2.05, 4.69) is 39.6 Å². The van der Waals surface area contributed by atoms with Gasteiger partial charge in [0.1, 0.15) is 5.75 Å². The molecule has 158 valence electrons. The summed E-state index contributed by atoms with van der Waals surface area (Å²) in [6, 6.07) is 15.6. The van der Waals surface area contributed by atoms with Crippen molar-refractivity contribution in [2.24, 2.45) is 0 Å². The van der Waals surface area contributed by atoms with Crippen LogP contribution in [-0.2, 0) is 11.3 Å². The molecule has 2 aromatic carbocycles. The second-order valence-electron chi connectivity index (χ2n) is 6.65. The number of aromatic nitrogens is 3. The Kier molecular flexibility index (Phi) is 6.69. The number of thioether (sulfide) groups is 1. The van der Waals surface area contributed by atoms with Gasteiger partial charge in [0, 0.05) is 33.3 Å². The number of thiophene rings is 1. The highest BCUT2D eigenvalue weighted by Crippen LogP contribution is 2.34. The summed E-state index contributed by atoms with van der Waals surface area (Å²) in [5.74, 6) is 1.69. The molecule has 4 rings (SSSR count). The van der Waals surface area contributed by atoms with Gasteiger partial charge in [0.25, 0.3) is 0 Å². The monoisotopic (exact) mass is 450 g/mol. The SMILES string of the molecule is C=CCn1c(SCC(=O)Nc2ccc(OCC)cc2)nnc1-c1csc2ccccc12. The Morgan fingerprint density at radius 1 is 1.23 bits per heavy atom. The number of carbonyl (C=O) groups is 1. The van der Waals surface area contributed by atoms with Crippen LogP contribution in [-0.4, -0.2) is 33.0 Å². The molecule has 0 atom stereocenters. The number of ether oxygens (including phenoxy) is 1. The van der Waals surface area contributed by atoms with Crippen LogP contribution in [0.15, 0.2) is 71.7 Å². The summed E-state index contributed by atoms with van der Waals surface area (Å²) in [6.45, 7) is 6.97. The van der Waals surface area contributed by atoms with E-state index in [0.717, 1.165) is 28.2 Å². The lowest BCUT2D eigenvalue weighted by atomic mass is 10.1. The molecule has 4 aromatic rings. The highest BCUT2D eigenvalue weighted by molar-refractivity contribution is 7.99. The van der Waals surface area contributed by atoms with Crippen LogP contribution in [0.25, 0.3) is 21.5 Å². The normalized spacial score (nSPS) is 10.9. The maximum atomic E-state index is 12.4. The van der Waals surface area contributed by atoms with Crippen LogP contribution in [0.1, 0.15) is 6.92 Å². The van der Waals surface area contributed by atoms with Crippen LogP contribution in [0.3, 0.4) is 0 Å². The van der Waals surface area contributed by atoms with Gasteiger partial charge < -0.3 is 10.1 Å². The number of fused-ring (bicyclic) bond motifs is 1. The molecule has 0 unspecified atom stereocenters. The van der Waals surface area contributed by atoms with Crippen molar-refractivity contribution >= 4 is 44.8 Å². The van der Waals surface area contributed by atoms with E-state index >= 15 is 0 Å². The molecule has 1 amide bonds. The van der Waals surface area contributed by atoms with Crippen molar-refractivity contribution in [3.63, 3.8) is 0 Å². The third-order valence-electron chi connectivity index (χ3n) is 4.53. The summed E-state index contributed by atoms with van der Waals surface area (Å²) >= 11 is 3.04. The topological polar surface area (TPSA) is 69.0 Å². The first-order valence-electron chi connectivity index (χ1n) is 9.85. The van der Waals surface area contributed by atoms with Crippen molar-refractivity contribution in [3.05, 3.63) is 66.6 Å². The maximum Gasteiger partial charge on any atom is 0.234 e. The van der Waals surface area contributed by atoms with Gasteiger partial charge in [0.15, 0.2) is 11.0 Å². The quantitative estimate of drug-likeness (QED) is 0.270. The van der Waals surface area contributed by atoms with Gasteiger partial charge in [-0.2, -0.15) is 0 Å². The molecule has 0 radical (unpaired) electrons. The molecule has 31 heavy (non-hydrogen) atoms. The molecular formula is C23H22N4O2S2. The molecule has 0 spiro atoms. The van der Waals surface area contributed by atoms with Gasteiger partial charge in [0.05, 0.1) is 12.4 Å². The third-order valence-corrected chi connectivity index (χ3v) is 6.46. The number of anilines is 1. The predicted octanol–water partition coefficient (Wildman–Crippen LogP) is 5.48. The van der Waals surface area contributed by atoms with E-state index < -0.39 is 0 Å². The standard InChI is InChI=1S/C23H22N4O2S2/c1-3-13-27-22(19-14-30-20-8-6-5-7-18(19)20)25-26-23(27)31-15-21(28)24-16-9-11-17(12-10-16)29-4-2/h3,5-12,14H,1,4,13,15H2,2H3,(H,24,28). The van der Waals surface area contributed by atoms with E-state index in [1.165, 1.54) is 16.5 Å². The molecular weight excluding hydrogens is 428 g/mol. The number of nitrogens with one attached hydrogen (secondary N) is 1. The Morgan fingerprint density at radius 2 is 2.03 bits per heavy atom. The van der Waals surface area contributed by atoms with E-state index in [0.29, 0.717) is 18.3 Å². The first kappa shape index (κ1) is 21.1. The predicted molar refractivity (Wildman–Crippen MR) is 128 cm³/mol. The first-order valence-corrected chi connectivity index (χ1v) is 11.7. The zero-order valence-corrected chi connectivity index (χ0v) is 18.7. The minimum atomic E-state index is -0.107. The lowest BCUT2D eigenvalue weighted by Crippen LogP contribution is -2.14. The number of allylic oxidation sites excluding steroid dienone is 1. The third kappa shape index (κ3) is 4.81. The zero-order chi connectivity index (χ0) is 21.6. The summed E-state index contributed by atoms with van der Waals surface area (Å²) in [5, 5.41) is 15.6. The van der Waals surface area contributed by atoms with Crippen LogP contribution < -0.4 is 10.1 Å². The van der Waals surface area contributed by atoms with Crippen LogP contribution in [0, 0.1) is 0 Å². The van der Waals surface area contributed by atoms with E-state index in [4.69, 9.17) is 4.74 Å². The Morgan fingerprint density at radius 3 is 2.81 bits per heavy atom. The van der Waals surface area contributed by atoms with Crippen molar-refractivity contribution in [2.75, 3.05) is 17.7 Å². The fourth-order valence-electron chi connectivity index (χ4n) is 3.17. The largest absolute Gasteiger partial charge is 0.494 e. The van der Waals surface area contributed by atoms with Gasteiger partial charge in [-0.1, -0.05) is 36.0 Å². The molecule has 2 aromatic heterocycles. The lowest BCUT2D eigenvalue weighted by molar-refractivity contribution is -0.113. The minimum Gasteiger partial charge on any atom is -0.494 e. The van der Waals surface area contributed by atoms with Crippen LogP contribution in [0.5, 0.6) is 5.75 Å². The molecule has 0 aliphatic rings. The lowest BCUT2D eigenvalue weighted by Gasteiger charge is -2.08. The molecule has 0 bridgehead atoms. The summed E-state index contributed by atoms with van der Waals surface area (Å²) in [7, 11) is 0. The van der Waals surface area contributed by atoms with Gasteiger partial charge >= 0.3 is 0 Å². The number of carbonyl (C=O) groups excluding carboxylic acids is 1. The first-order chi connectivity index (χ1) is 15.2. The number of amides is 1. The average molecular weight is 451 g/mol. The van der Waals surface area contributed by atoms with E-state index in [1.807, 2.05) is 54.0 Å². The van der Waals surface area contributed by atoms with Crippen LogP contribution >= 0.6 is 23.1 Å². The molecule has 0 aliphatic heterocycles. The van der Waals surface area contributed by atoms with Crippen LogP contribution in [0.4, 0.5) is 5.69 Å². The second-order valence-corrected chi connectivity index (χ2v) is 8.50. The van der Waals surface area contributed by atoms with E-state index in [9.17, 15) is 4.79 Å². The highest BCUT2D eigenvalue weighted by atomic mass is 32.2. The summed E-state index contributed by atoms with van der Waals surface area (Å²) < 4.78 is 8.62. The second kappa shape index (κ2) is 9.80. The zero-order valence-electron chi connectivity index (χ0n) is 17.1. The molecule has 8 heteroatoms. The molecule has 0 fully saturated rings. The van der Waals surface area contributed by atoms with Gasteiger partial charge in [-0.15, -0.1) is 28.1 Å². The highest BCUT2D eigenvalue weighted by Gasteiger charge is 2.17. The molecule has 6 nitrogen and oxygen atoms in total. The molecule has 1 N–H and O–H groups in total. The van der Waals surface area contributed by atoms with Crippen molar-refractivity contribution in [2.45, 2.75) is 18.6 Å². The van der Waals surface area contributed by atoms with Crippen molar-refractivity contribution in [1.29, 1.82) is 0 Å².